The third-order valence-corrected chi connectivity index (χ3v) is 3.60. The second kappa shape index (κ2) is 4.21. The van der Waals surface area contributed by atoms with Crippen LogP contribution in [0.5, 0.6) is 0 Å². The van der Waals surface area contributed by atoms with Crippen molar-refractivity contribution in [3.8, 4) is 0 Å². The first-order valence-electron chi connectivity index (χ1n) is 6.27. The fourth-order valence-corrected chi connectivity index (χ4v) is 2.30. The number of likely N-dealkylation sites (N-methyl/N-ethyl adjacent to an activating group) is 1. The lowest BCUT2D eigenvalue weighted by Gasteiger charge is -2.20. The summed E-state index contributed by atoms with van der Waals surface area (Å²) in [6, 6.07) is 7.08. The average molecular weight is 217 g/mol. The van der Waals surface area contributed by atoms with Gasteiger partial charge in [-0.3, -0.25) is 0 Å². The van der Waals surface area contributed by atoms with Gasteiger partial charge in [0.05, 0.1) is 0 Å². The van der Waals surface area contributed by atoms with E-state index < -0.39 is 0 Å². The maximum Gasteiger partial charge on any atom is 0.00190 e. The molecule has 0 bridgehead atoms. The van der Waals surface area contributed by atoms with Crippen molar-refractivity contribution in [3.63, 3.8) is 0 Å². The molecule has 0 spiro atoms. The summed E-state index contributed by atoms with van der Waals surface area (Å²) in [5.74, 6) is 0. The van der Waals surface area contributed by atoms with Crippen molar-refractivity contribution in [1.82, 2.24) is 4.90 Å². The van der Waals surface area contributed by atoms with Crippen molar-refractivity contribution in [1.29, 1.82) is 0 Å². The highest BCUT2D eigenvalue weighted by atomic mass is 15.1. The van der Waals surface area contributed by atoms with Crippen molar-refractivity contribution in [2.24, 2.45) is 0 Å². The molecule has 1 aliphatic heterocycles. The fourth-order valence-electron chi connectivity index (χ4n) is 2.30. The lowest BCUT2D eigenvalue weighted by molar-refractivity contribution is 0.352. The van der Waals surface area contributed by atoms with Crippen LogP contribution in [0.3, 0.4) is 0 Å². The van der Waals surface area contributed by atoms with Crippen molar-refractivity contribution in [2.75, 3.05) is 20.1 Å². The Balaban J connectivity index is 2.32. The Morgan fingerprint density at radius 3 is 2.25 bits per heavy atom. The van der Waals surface area contributed by atoms with E-state index in [2.05, 4.69) is 50.9 Å². The minimum absolute atomic E-state index is 0.271. The predicted octanol–water partition coefficient (Wildman–Crippen LogP) is 3.01. The second-order valence-corrected chi connectivity index (χ2v) is 6.04. The van der Waals surface area contributed by atoms with Gasteiger partial charge in [-0.15, -0.1) is 0 Å². The van der Waals surface area contributed by atoms with Gasteiger partial charge >= 0.3 is 0 Å². The first-order chi connectivity index (χ1) is 7.47. The molecule has 88 valence electrons. The standard InChI is InChI=1S/C15H23N/c1-15(2,3)14-6-5-12-7-9-16(4)10-8-13(12)11-14/h5-6,11H,7-10H2,1-4H3. The van der Waals surface area contributed by atoms with Crippen LogP contribution < -0.4 is 0 Å². The highest BCUT2D eigenvalue weighted by molar-refractivity contribution is 5.36. The van der Waals surface area contributed by atoms with Crippen LogP contribution in [0.25, 0.3) is 0 Å². The minimum Gasteiger partial charge on any atom is -0.306 e. The Morgan fingerprint density at radius 1 is 1.00 bits per heavy atom. The SMILES string of the molecule is CN1CCc2ccc(C(C)(C)C)cc2CC1. The van der Waals surface area contributed by atoms with Crippen LogP contribution in [0.15, 0.2) is 18.2 Å². The summed E-state index contributed by atoms with van der Waals surface area (Å²) < 4.78 is 0. The summed E-state index contributed by atoms with van der Waals surface area (Å²) in [7, 11) is 2.22. The van der Waals surface area contributed by atoms with E-state index in [0.717, 1.165) is 0 Å². The number of benzene rings is 1. The van der Waals surface area contributed by atoms with Gasteiger partial charge in [0.25, 0.3) is 0 Å². The van der Waals surface area contributed by atoms with E-state index in [9.17, 15) is 0 Å². The Hall–Kier alpha value is -0.820. The summed E-state index contributed by atoms with van der Waals surface area (Å²) in [6.45, 7) is 9.26. The Kier molecular flexibility index (Phi) is 3.07. The summed E-state index contributed by atoms with van der Waals surface area (Å²) in [4.78, 5) is 2.43. The van der Waals surface area contributed by atoms with Crippen LogP contribution in [-0.2, 0) is 18.3 Å². The molecule has 0 amide bonds. The molecule has 0 fully saturated rings. The zero-order valence-electron chi connectivity index (χ0n) is 11.0. The Labute approximate surface area is 99.5 Å². The molecule has 0 saturated carbocycles. The maximum atomic E-state index is 2.43. The number of nitrogens with zero attached hydrogens (tertiary/aromatic N) is 1. The molecule has 1 heteroatoms. The average Bonchev–Trinajstić information content (AvgIpc) is 2.39. The summed E-state index contributed by atoms with van der Waals surface area (Å²) in [6.07, 6.45) is 2.41. The van der Waals surface area contributed by atoms with Gasteiger partial charge in [-0.1, -0.05) is 39.0 Å². The predicted molar refractivity (Wildman–Crippen MR) is 70.0 cm³/mol. The topological polar surface area (TPSA) is 3.24 Å². The van der Waals surface area contributed by atoms with Gasteiger partial charge in [0, 0.05) is 13.1 Å². The number of hydrogen-bond acceptors (Lipinski definition) is 1. The molecular formula is C15H23N. The van der Waals surface area contributed by atoms with E-state index >= 15 is 0 Å². The highest BCUT2D eigenvalue weighted by Crippen LogP contribution is 2.26. The summed E-state index contributed by atoms with van der Waals surface area (Å²) in [5.41, 5.74) is 4.86. The van der Waals surface area contributed by atoms with Crippen LogP contribution in [0.1, 0.15) is 37.5 Å². The van der Waals surface area contributed by atoms with E-state index in [1.807, 2.05) is 0 Å². The van der Waals surface area contributed by atoms with Gasteiger partial charge in [0.2, 0.25) is 0 Å². The van der Waals surface area contributed by atoms with E-state index in [1.54, 1.807) is 11.1 Å². The molecule has 1 nitrogen and oxygen atoms in total. The summed E-state index contributed by atoms with van der Waals surface area (Å²) >= 11 is 0. The van der Waals surface area contributed by atoms with Crippen LogP contribution in [0, 0.1) is 0 Å². The highest BCUT2D eigenvalue weighted by Gasteiger charge is 2.17. The van der Waals surface area contributed by atoms with Crippen LogP contribution >= 0.6 is 0 Å². The number of fused-ring (bicyclic) bond motifs is 1. The quantitative estimate of drug-likeness (QED) is 0.645. The minimum atomic E-state index is 0.271. The molecule has 16 heavy (non-hydrogen) atoms. The maximum absolute atomic E-state index is 2.43. The van der Waals surface area contributed by atoms with Gasteiger partial charge in [-0.05, 0) is 42.0 Å². The molecule has 1 aromatic rings. The lowest BCUT2D eigenvalue weighted by atomic mass is 9.84. The lowest BCUT2D eigenvalue weighted by Crippen LogP contribution is -2.20. The molecule has 0 saturated heterocycles. The van der Waals surface area contributed by atoms with E-state index in [1.165, 1.54) is 31.5 Å². The number of rotatable bonds is 0. The summed E-state index contributed by atoms with van der Waals surface area (Å²) in [5, 5.41) is 0. The molecule has 0 aliphatic carbocycles. The molecule has 0 aromatic heterocycles. The van der Waals surface area contributed by atoms with Gasteiger partial charge in [-0.2, -0.15) is 0 Å². The molecule has 1 heterocycles. The van der Waals surface area contributed by atoms with Crippen molar-refractivity contribution >= 4 is 0 Å². The van der Waals surface area contributed by atoms with E-state index in [-0.39, 0.29) is 5.41 Å². The van der Waals surface area contributed by atoms with Crippen LogP contribution in [0.2, 0.25) is 0 Å². The molecule has 0 radical (unpaired) electrons. The molecule has 2 rings (SSSR count). The fraction of sp³-hybridized carbons (Fsp3) is 0.600. The number of hydrogen-bond donors (Lipinski definition) is 0. The van der Waals surface area contributed by atoms with Gasteiger partial charge in [-0.25, -0.2) is 0 Å². The third kappa shape index (κ3) is 2.46. The Bertz CT molecular complexity index is 374. The molecule has 0 atom stereocenters. The zero-order valence-corrected chi connectivity index (χ0v) is 11.0. The monoisotopic (exact) mass is 217 g/mol. The van der Waals surface area contributed by atoms with Crippen molar-refractivity contribution in [2.45, 2.75) is 39.0 Å². The van der Waals surface area contributed by atoms with Gasteiger partial charge in [0.1, 0.15) is 0 Å². The smallest absolute Gasteiger partial charge is 0.00190 e. The zero-order chi connectivity index (χ0) is 11.8. The molecular weight excluding hydrogens is 194 g/mol. The second-order valence-electron chi connectivity index (χ2n) is 6.04. The Morgan fingerprint density at radius 2 is 1.62 bits per heavy atom. The molecule has 1 aromatic carbocycles. The van der Waals surface area contributed by atoms with Crippen molar-refractivity contribution in [3.05, 3.63) is 34.9 Å². The van der Waals surface area contributed by atoms with Crippen LogP contribution in [-0.4, -0.2) is 25.0 Å². The molecule has 1 aliphatic rings. The first kappa shape index (κ1) is 11.7. The van der Waals surface area contributed by atoms with Gasteiger partial charge in [0.15, 0.2) is 0 Å². The molecule has 0 unspecified atom stereocenters. The van der Waals surface area contributed by atoms with E-state index in [4.69, 9.17) is 0 Å². The van der Waals surface area contributed by atoms with E-state index in [0.29, 0.717) is 0 Å². The first-order valence-corrected chi connectivity index (χ1v) is 6.27. The van der Waals surface area contributed by atoms with Crippen LogP contribution in [0.4, 0.5) is 0 Å². The normalized spacial score (nSPS) is 18.0. The molecule has 0 N–H and O–H groups in total. The third-order valence-electron chi connectivity index (χ3n) is 3.60. The van der Waals surface area contributed by atoms with Crippen molar-refractivity contribution < 1.29 is 0 Å². The van der Waals surface area contributed by atoms with Gasteiger partial charge < -0.3 is 4.90 Å². The largest absolute Gasteiger partial charge is 0.306 e.